The summed E-state index contributed by atoms with van der Waals surface area (Å²) in [7, 11) is 5.42. The summed E-state index contributed by atoms with van der Waals surface area (Å²) in [6, 6.07) is -0.728. The Kier molecular flexibility index (Phi) is 48.7. The van der Waals surface area contributed by atoms with Crippen LogP contribution in [0.1, 0.15) is 264 Å². The maximum atomic E-state index is 12.8. The molecule has 0 N–H and O–H groups in total. The van der Waals surface area contributed by atoms with Crippen molar-refractivity contribution >= 4 is 17.9 Å². The Balaban J connectivity index is 4.16. The first-order valence-corrected chi connectivity index (χ1v) is 28.7. The average Bonchev–Trinajstić information content (AvgIpc) is 3.30. The molecule has 0 saturated heterocycles. The average molecular weight is 957 g/mol. The van der Waals surface area contributed by atoms with E-state index in [1.807, 2.05) is 21.1 Å². The molecular formula is C60H109NO7. The molecule has 0 saturated carbocycles. The summed E-state index contributed by atoms with van der Waals surface area (Å²) >= 11 is 0. The van der Waals surface area contributed by atoms with Crippen LogP contribution < -0.4 is 5.11 Å². The summed E-state index contributed by atoms with van der Waals surface area (Å²) in [5, 5.41) is 11.7. The van der Waals surface area contributed by atoms with Crippen LogP contribution in [0.25, 0.3) is 0 Å². The second-order valence-corrected chi connectivity index (χ2v) is 20.5. The van der Waals surface area contributed by atoms with E-state index in [1.54, 1.807) is 0 Å². The highest BCUT2D eigenvalue weighted by Gasteiger charge is 2.25. The van der Waals surface area contributed by atoms with Gasteiger partial charge in [0.25, 0.3) is 0 Å². The normalized spacial score (nSPS) is 13.1. The van der Waals surface area contributed by atoms with Gasteiger partial charge in [-0.3, -0.25) is 9.59 Å². The van der Waals surface area contributed by atoms with Gasteiger partial charge in [-0.25, -0.2) is 0 Å². The van der Waals surface area contributed by atoms with E-state index in [0.717, 1.165) is 57.8 Å². The van der Waals surface area contributed by atoms with Crippen molar-refractivity contribution in [2.24, 2.45) is 0 Å². The van der Waals surface area contributed by atoms with E-state index in [1.165, 1.54) is 173 Å². The Morgan fingerprint density at radius 3 is 1.24 bits per heavy atom. The Bertz CT molecular complexity index is 1250. The molecule has 68 heavy (non-hydrogen) atoms. The number of quaternary nitrogens is 1. The number of carboxylic acid groups (broad SMARTS) is 1. The van der Waals surface area contributed by atoms with E-state index in [2.05, 4.69) is 62.5 Å². The van der Waals surface area contributed by atoms with Crippen molar-refractivity contribution in [2.75, 3.05) is 41.0 Å². The number of nitrogens with zero attached hydrogens (tertiary/aromatic N) is 1. The number of ether oxygens (including phenoxy) is 3. The van der Waals surface area contributed by atoms with Gasteiger partial charge in [-0.15, -0.1) is 0 Å². The fourth-order valence-electron chi connectivity index (χ4n) is 8.55. The number of carbonyl (C=O) groups is 3. The second-order valence-electron chi connectivity index (χ2n) is 20.5. The predicted octanol–water partition coefficient (Wildman–Crippen LogP) is 15.8. The van der Waals surface area contributed by atoms with Gasteiger partial charge in [0.05, 0.1) is 40.3 Å². The first-order valence-electron chi connectivity index (χ1n) is 28.7. The third-order valence-corrected chi connectivity index (χ3v) is 12.9. The van der Waals surface area contributed by atoms with Gasteiger partial charge in [-0.05, 0) is 70.6 Å². The van der Waals surface area contributed by atoms with Crippen molar-refractivity contribution in [2.45, 2.75) is 276 Å². The highest BCUT2D eigenvalue weighted by atomic mass is 16.6. The second kappa shape index (κ2) is 50.7. The molecule has 0 aliphatic rings. The summed E-state index contributed by atoms with van der Waals surface area (Å²) in [6.45, 7) is 4.59. The number of hydrogen-bond acceptors (Lipinski definition) is 7. The van der Waals surface area contributed by atoms with Crippen LogP contribution in [0.5, 0.6) is 0 Å². The van der Waals surface area contributed by atoms with Gasteiger partial charge < -0.3 is 28.6 Å². The van der Waals surface area contributed by atoms with E-state index in [0.29, 0.717) is 12.8 Å². The topological polar surface area (TPSA) is 102 Å². The van der Waals surface area contributed by atoms with Crippen LogP contribution in [-0.2, 0) is 28.6 Å². The quantitative estimate of drug-likeness (QED) is 0.0259. The largest absolute Gasteiger partial charge is 0.544 e. The zero-order chi connectivity index (χ0) is 49.9. The lowest BCUT2D eigenvalue weighted by Gasteiger charge is -2.34. The van der Waals surface area contributed by atoms with Crippen LogP contribution in [0.3, 0.4) is 0 Å². The summed E-state index contributed by atoms with van der Waals surface area (Å²) in [4.78, 5) is 37.2. The smallest absolute Gasteiger partial charge is 0.306 e. The minimum Gasteiger partial charge on any atom is -0.544 e. The number of unbranched alkanes of at least 4 members (excludes halogenated alkanes) is 30. The highest BCUT2D eigenvalue weighted by molar-refractivity contribution is 5.70. The zero-order valence-corrected chi connectivity index (χ0v) is 45.3. The molecule has 0 aliphatic carbocycles. The van der Waals surface area contributed by atoms with Crippen LogP contribution in [-0.4, -0.2) is 75.5 Å². The SMILES string of the molecule is CC/C=C/C/C=C/C/C=C/CCCCCCCCCCCCCC(=O)OC(COCCC(C(=O)[O-])[N+](C)(C)C)COC(=O)CCCCCCCCC/C=C/CCCCCCCCCCCCCC. The maximum absolute atomic E-state index is 12.8. The summed E-state index contributed by atoms with van der Waals surface area (Å²) < 4.78 is 17.3. The van der Waals surface area contributed by atoms with Crippen molar-refractivity contribution in [3.05, 3.63) is 48.6 Å². The molecule has 0 amide bonds. The molecule has 2 unspecified atom stereocenters. The number of allylic oxidation sites excluding steroid dienone is 8. The summed E-state index contributed by atoms with van der Waals surface area (Å²) in [6.07, 6.45) is 63.0. The van der Waals surface area contributed by atoms with Gasteiger partial charge in [0, 0.05) is 19.3 Å². The van der Waals surface area contributed by atoms with Gasteiger partial charge in [-0.2, -0.15) is 0 Å². The molecule has 0 spiro atoms. The molecule has 0 rings (SSSR count). The van der Waals surface area contributed by atoms with E-state index < -0.39 is 18.1 Å². The van der Waals surface area contributed by atoms with E-state index in [4.69, 9.17) is 14.2 Å². The molecule has 0 aliphatic heterocycles. The fraction of sp³-hybridized carbons (Fsp3) is 0.817. The summed E-state index contributed by atoms with van der Waals surface area (Å²) in [5.74, 6) is -1.73. The van der Waals surface area contributed by atoms with Gasteiger partial charge >= 0.3 is 11.9 Å². The summed E-state index contributed by atoms with van der Waals surface area (Å²) in [5.41, 5.74) is 0. The molecule has 0 aromatic heterocycles. The number of hydrogen-bond donors (Lipinski definition) is 0. The van der Waals surface area contributed by atoms with Crippen LogP contribution in [0.15, 0.2) is 48.6 Å². The van der Waals surface area contributed by atoms with Crippen molar-refractivity contribution in [1.82, 2.24) is 0 Å². The van der Waals surface area contributed by atoms with Crippen LogP contribution in [0.2, 0.25) is 0 Å². The molecule has 0 aromatic rings. The Morgan fingerprint density at radius 2 is 0.824 bits per heavy atom. The van der Waals surface area contributed by atoms with E-state index in [9.17, 15) is 19.5 Å². The number of likely N-dealkylation sites (N-methyl/N-ethyl adjacent to an activating group) is 1. The lowest BCUT2D eigenvalue weighted by Crippen LogP contribution is -2.55. The first-order chi connectivity index (χ1) is 33.1. The number of esters is 2. The molecule has 0 bridgehead atoms. The standard InChI is InChI=1S/C60H109NO7/c1-6-8-10-12-14-16-18-20-22-24-26-28-29-31-32-34-36-38-40-42-44-46-48-50-58(62)67-55-56(54-66-53-52-57(60(64)65)61(3,4)5)68-59(63)51-49-47-45-43-41-39-37-35-33-30-27-25-23-21-19-17-15-13-11-9-7-2/h9,11,15,17,21,23,31-32,56-57H,6-8,10,12-14,16,18-20,22,24-30,33-55H2,1-5H3/b11-9+,17-15+,23-21+,32-31+. The van der Waals surface area contributed by atoms with E-state index in [-0.39, 0.29) is 42.7 Å². The zero-order valence-electron chi connectivity index (χ0n) is 45.3. The maximum Gasteiger partial charge on any atom is 0.306 e. The van der Waals surface area contributed by atoms with E-state index >= 15 is 0 Å². The third-order valence-electron chi connectivity index (χ3n) is 12.9. The van der Waals surface area contributed by atoms with Gasteiger partial charge in [0.2, 0.25) is 0 Å². The third kappa shape index (κ3) is 48.3. The van der Waals surface area contributed by atoms with Crippen LogP contribution in [0, 0.1) is 0 Å². The minimum absolute atomic E-state index is 0.0393. The van der Waals surface area contributed by atoms with Gasteiger partial charge in [0.1, 0.15) is 12.6 Å². The molecule has 8 nitrogen and oxygen atoms in total. The number of carbonyl (C=O) groups excluding carboxylic acids is 3. The predicted molar refractivity (Wildman–Crippen MR) is 286 cm³/mol. The monoisotopic (exact) mass is 956 g/mol. The van der Waals surface area contributed by atoms with Crippen molar-refractivity contribution in [1.29, 1.82) is 0 Å². The first kappa shape index (κ1) is 65.3. The Labute approximate surface area is 420 Å². The van der Waals surface area contributed by atoms with Crippen LogP contribution in [0.4, 0.5) is 0 Å². The Morgan fingerprint density at radius 1 is 0.456 bits per heavy atom. The van der Waals surface area contributed by atoms with Crippen molar-refractivity contribution in [3.63, 3.8) is 0 Å². The van der Waals surface area contributed by atoms with Crippen molar-refractivity contribution < 1.29 is 38.2 Å². The molecule has 0 heterocycles. The number of carboxylic acids is 1. The molecule has 0 radical (unpaired) electrons. The van der Waals surface area contributed by atoms with Crippen LogP contribution >= 0.6 is 0 Å². The molecular weight excluding hydrogens is 847 g/mol. The highest BCUT2D eigenvalue weighted by Crippen LogP contribution is 2.16. The lowest BCUT2D eigenvalue weighted by atomic mass is 10.0. The molecule has 2 atom stereocenters. The van der Waals surface area contributed by atoms with Gasteiger partial charge in [-0.1, -0.05) is 223 Å². The van der Waals surface area contributed by atoms with Crippen molar-refractivity contribution in [3.8, 4) is 0 Å². The lowest BCUT2D eigenvalue weighted by molar-refractivity contribution is -0.889. The van der Waals surface area contributed by atoms with Gasteiger partial charge in [0.15, 0.2) is 6.10 Å². The molecule has 0 fully saturated rings. The molecule has 8 heteroatoms. The molecule has 0 aromatic carbocycles. The minimum atomic E-state index is -1.12. The number of rotatable bonds is 52. The number of aliphatic carboxylic acids is 1. The molecule has 396 valence electrons. The Hall–Kier alpha value is -2.71. The fourth-order valence-corrected chi connectivity index (χ4v) is 8.55.